The Bertz CT molecular complexity index is 143. The molecule has 0 radical (unpaired) electrons. The van der Waals surface area contributed by atoms with Crippen molar-refractivity contribution in [2.45, 2.75) is 40.2 Å². The molecule has 1 heterocycles. The fourth-order valence-corrected chi connectivity index (χ4v) is 1.68. The highest BCUT2D eigenvalue weighted by Gasteiger charge is 2.12. The maximum atomic E-state index is 5.52. The fourth-order valence-electron chi connectivity index (χ4n) is 1.68. The molecule has 0 N–H and O–H groups in total. The lowest BCUT2D eigenvalue weighted by Gasteiger charge is -2.32. The third-order valence-electron chi connectivity index (χ3n) is 2.67. The molecule has 0 saturated carbocycles. The molecule has 3 heteroatoms. The van der Waals surface area contributed by atoms with Gasteiger partial charge in [0.05, 0.1) is 6.10 Å². The number of hydrogen-bond acceptors (Lipinski definition) is 3. The SMILES string of the molecule is CC.CC(C)OCCCN1CCN(C)CC1. The largest absolute Gasteiger partial charge is 0.379 e. The minimum Gasteiger partial charge on any atom is -0.379 e. The van der Waals surface area contributed by atoms with Crippen molar-refractivity contribution >= 4 is 0 Å². The first kappa shape index (κ1) is 15.9. The van der Waals surface area contributed by atoms with Gasteiger partial charge in [0, 0.05) is 39.3 Å². The molecule has 16 heavy (non-hydrogen) atoms. The summed E-state index contributed by atoms with van der Waals surface area (Å²) in [5.41, 5.74) is 0. The molecule has 1 rings (SSSR count). The topological polar surface area (TPSA) is 15.7 Å². The van der Waals surface area contributed by atoms with Crippen LogP contribution in [0, 0.1) is 0 Å². The molecule has 1 saturated heterocycles. The third kappa shape index (κ3) is 8.08. The first-order valence-electron chi connectivity index (χ1n) is 6.71. The molecular weight excluding hydrogens is 200 g/mol. The summed E-state index contributed by atoms with van der Waals surface area (Å²) < 4.78 is 5.52. The summed E-state index contributed by atoms with van der Waals surface area (Å²) in [7, 11) is 2.19. The van der Waals surface area contributed by atoms with E-state index >= 15 is 0 Å². The zero-order chi connectivity index (χ0) is 12.4. The van der Waals surface area contributed by atoms with Crippen LogP contribution in [-0.4, -0.2) is 62.3 Å². The van der Waals surface area contributed by atoms with Crippen molar-refractivity contribution in [1.29, 1.82) is 0 Å². The van der Waals surface area contributed by atoms with Crippen molar-refractivity contribution < 1.29 is 4.74 Å². The van der Waals surface area contributed by atoms with Crippen molar-refractivity contribution in [3.05, 3.63) is 0 Å². The van der Waals surface area contributed by atoms with Crippen LogP contribution in [0.2, 0.25) is 0 Å². The molecule has 0 spiro atoms. The molecule has 3 nitrogen and oxygen atoms in total. The Morgan fingerprint density at radius 1 is 1.06 bits per heavy atom. The fraction of sp³-hybridized carbons (Fsp3) is 1.00. The average molecular weight is 230 g/mol. The van der Waals surface area contributed by atoms with E-state index in [1.807, 2.05) is 13.8 Å². The van der Waals surface area contributed by atoms with E-state index in [0.29, 0.717) is 6.10 Å². The van der Waals surface area contributed by atoms with Crippen molar-refractivity contribution in [3.63, 3.8) is 0 Å². The highest BCUT2D eigenvalue weighted by Crippen LogP contribution is 2.00. The maximum Gasteiger partial charge on any atom is 0.0518 e. The number of piperazine rings is 1. The number of nitrogens with zero attached hydrogens (tertiary/aromatic N) is 2. The van der Waals surface area contributed by atoms with E-state index < -0.39 is 0 Å². The Labute approximate surface area is 102 Å². The zero-order valence-corrected chi connectivity index (χ0v) is 11.8. The molecule has 0 amide bonds. The van der Waals surface area contributed by atoms with Crippen LogP contribution < -0.4 is 0 Å². The molecule has 0 atom stereocenters. The van der Waals surface area contributed by atoms with Crippen LogP contribution in [0.3, 0.4) is 0 Å². The number of likely N-dealkylation sites (N-methyl/N-ethyl adjacent to an activating group) is 1. The zero-order valence-electron chi connectivity index (χ0n) is 11.8. The summed E-state index contributed by atoms with van der Waals surface area (Å²) in [4.78, 5) is 4.92. The molecule has 0 bridgehead atoms. The van der Waals surface area contributed by atoms with Crippen molar-refractivity contribution in [1.82, 2.24) is 9.80 Å². The molecule has 0 aromatic carbocycles. The first-order chi connectivity index (χ1) is 7.68. The molecule has 1 aliphatic heterocycles. The van der Waals surface area contributed by atoms with E-state index in [9.17, 15) is 0 Å². The highest BCUT2D eigenvalue weighted by atomic mass is 16.5. The van der Waals surface area contributed by atoms with Crippen molar-refractivity contribution in [2.24, 2.45) is 0 Å². The van der Waals surface area contributed by atoms with Gasteiger partial charge < -0.3 is 14.5 Å². The predicted octanol–water partition coefficient (Wildman–Crippen LogP) is 2.08. The van der Waals surface area contributed by atoms with E-state index in [-0.39, 0.29) is 0 Å². The molecule has 0 unspecified atom stereocenters. The molecule has 0 aromatic rings. The van der Waals surface area contributed by atoms with Crippen LogP contribution in [-0.2, 0) is 4.74 Å². The average Bonchev–Trinajstić information content (AvgIpc) is 2.29. The van der Waals surface area contributed by atoms with Crippen LogP contribution in [0.25, 0.3) is 0 Å². The monoisotopic (exact) mass is 230 g/mol. The number of rotatable bonds is 5. The maximum absolute atomic E-state index is 5.52. The lowest BCUT2D eigenvalue weighted by atomic mass is 10.3. The molecule has 0 aliphatic carbocycles. The van der Waals surface area contributed by atoms with Gasteiger partial charge in [0.2, 0.25) is 0 Å². The number of ether oxygens (including phenoxy) is 1. The minimum atomic E-state index is 0.377. The van der Waals surface area contributed by atoms with Crippen LogP contribution in [0.1, 0.15) is 34.1 Å². The van der Waals surface area contributed by atoms with Crippen LogP contribution >= 0.6 is 0 Å². The molecule has 1 aliphatic rings. The van der Waals surface area contributed by atoms with Crippen molar-refractivity contribution in [3.8, 4) is 0 Å². The van der Waals surface area contributed by atoms with Crippen LogP contribution in [0.4, 0.5) is 0 Å². The first-order valence-corrected chi connectivity index (χ1v) is 6.71. The second-order valence-corrected chi connectivity index (χ2v) is 4.42. The second-order valence-electron chi connectivity index (χ2n) is 4.42. The Morgan fingerprint density at radius 2 is 1.62 bits per heavy atom. The van der Waals surface area contributed by atoms with Gasteiger partial charge in [0.1, 0.15) is 0 Å². The summed E-state index contributed by atoms with van der Waals surface area (Å²) in [6, 6.07) is 0. The second kappa shape index (κ2) is 10.1. The van der Waals surface area contributed by atoms with E-state index in [1.54, 1.807) is 0 Å². The summed E-state index contributed by atoms with van der Waals surface area (Å²) in [6.45, 7) is 15.2. The molecule has 0 aromatic heterocycles. The van der Waals surface area contributed by atoms with Gasteiger partial charge in [-0.2, -0.15) is 0 Å². The lowest BCUT2D eigenvalue weighted by molar-refractivity contribution is 0.0656. The summed E-state index contributed by atoms with van der Waals surface area (Å²) in [5.74, 6) is 0. The smallest absolute Gasteiger partial charge is 0.0518 e. The molecule has 1 fully saturated rings. The Morgan fingerprint density at radius 3 is 2.12 bits per heavy atom. The summed E-state index contributed by atoms with van der Waals surface area (Å²) >= 11 is 0. The van der Waals surface area contributed by atoms with Gasteiger partial charge in [-0.25, -0.2) is 0 Å². The summed E-state index contributed by atoms with van der Waals surface area (Å²) in [6.07, 6.45) is 1.55. The van der Waals surface area contributed by atoms with Crippen molar-refractivity contribution in [2.75, 3.05) is 46.4 Å². The quantitative estimate of drug-likeness (QED) is 0.673. The third-order valence-corrected chi connectivity index (χ3v) is 2.67. The van der Waals surface area contributed by atoms with Gasteiger partial charge >= 0.3 is 0 Å². The molecule has 98 valence electrons. The van der Waals surface area contributed by atoms with Crippen LogP contribution in [0.5, 0.6) is 0 Å². The predicted molar refractivity (Wildman–Crippen MR) is 71.0 cm³/mol. The van der Waals surface area contributed by atoms with Gasteiger partial charge in [0.25, 0.3) is 0 Å². The lowest BCUT2D eigenvalue weighted by Crippen LogP contribution is -2.44. The van der Waals surface area contributed by atoms with E-state index in [1.165, 1.54) is 39.1 Å². The standard InChI is InChI=1S/C11H24N2O.C2H6/c1-11(2)14-10-4-5-13-8-6-12(3)7-9-13;1-2/h11H,4-10H2,1-3H3;1-2H3. The van der Waals surface area contributed by atoms with Gasteiger partial charge in [-0.15, -0.1) is 0 Å². The Balaban J connectivity index is 0.00000106. The highest BCUT2D eigenvalue weighted by molar-refractivity contribution is 4.68. The number of hydrogen-bond donors (Lipinski definition) is 0. The minimum absolute atomic E-state index is 0.377. The van der Waals surface area contributed by atoms with Crippen LogP contribution in [0.15, 0.2) is 0 Å². The Hall–Kier alpha value is -0.120. The van der Waals surface area contributed by atoms with Gasteiger partial charge in [-0.05, 0) is 27.3 Å². The van der Waals surface area contributed by atoms with E-state index in [4.69, 9.17) is 4.74 Å². The Kier molecular flexibility index (Phi) is 9.99. The van der Waals surface area contributed by atoms with E-state index in [0.717, 1.165) is 6.61 Å². The molecular formula is C13H30N2O. The summed E-state index contributed by atoms with van der Waals surface area (Å²) in [5, 5.41) is 0. The van der Waals surface area contributed by atoms with Gasteiger partial charge in [-0.3, -0.25) is 0 Å². The normalized spacial score (nSPS) is 18.4. The van der Waals surface area contributed by atoms with Gasteiger partial charge in [0.15, 0.2) is 0 Å². The van der Waals surface area contributed by atoms with Gasteiger partial charge in [-0.1, -0.05) is 13.8 Å². The van der Waals surface area contributed by atoms with E-state index in [2.05, 4.69) is 30.7 Å².